The van der Waals surface area contributed by atoms with Gasteiger partial charge in [0.05, 0.1) is 17.7 Å². The van der Waals surface area contributed by atoms with E-state index in [9.17, 15) is 0 Å². The minimum absolute atomic E-state index is 0.387. The number of para-hydroxylation sites is 1. The minimum Gasteiger partial charge on any atom is -0.463 e. The lowest BCUT2D eigenvalue weighted by molar-refractivity contribution is 0.555. The fourth-order valence-electron chi connectivity index (χ4n) is 2.44. The summed E-state index contributed by atoms with van der Waals surface area (Å²) >= 11 is 3.70. The molecule has 0 saturated carbocycles. The maximum atomic E-state index is 5.57. The highest BCUT2D eigenvalue weighted by Crippen LogP contribution is 2.46. The standard InChI is InChI=1S/C17H13NOS2/c1-2-7-15-12(5-1)18-13(14-6-3-9-19-14)11-17(21-15)16-8-4-10-20-16/h1-10,17H,11H2/t17-/m0/s1. The smallest absolute Gasteiger partial charge is 0.148 e. The number of hydrogen-bond acceptors (Lipinski definition) is 4. The molecule has 1 atom stereocenters. The molecule has 1 aromatic carbocycles. The Labute approximate surface area is 131 Å². The first-order valence-corrected chi connectivity index (χ1v) is 8.56. The van der Waals surface area contributed by atoms with Crippen LogP contribution in [0.3, 0.4) is 0 Å². The average molecular weight is 311 g/mol. The average Bonchev–Trinajstić information content (AvgIpc) is 3.17. The van der Waals surface area contributed by atoms with Gasteiger partial charge in [0.25, 0.3) is 0 Å². The summed E-state index contributed by atoms with van der Waals surface area (Å²) in [6.45, 7) is 0. The van der Waals surface area contributed by atoms with Crippen molar-refractivity contribution in [1.82, 2.24) is 0 Å². The van der Waals surface area contributed by atoms with Crippen LogP contribution in [0.15, 0.2) is 74.5 Å². The van der Waals surface area contributed by atoms with Crippen LogP contribution in [-0.4, -0.2) is 5.71 Å². The molecule has 0 spiro atoms. The van der Waals surface area contributed by atoms with E-state index in [0.29, 0.717) is 5.25 Å². The highest BCUT2D eigenvalue weighted by Gasteiger charge is 2.23. The van der Waals surface area contributed by atoms with Crippen molar-refractivity contribution in [3.63, 3.8) is 0 Å². The van der Waals surface area contributed by atoms with Gasteiger partial charge in [0.1, 0.15) is 5.76 Å². The number of thiophene rings is 1. The minimum atomic E-state index is 0.387. The van der Waals surface area contributed by atoms with Gasteiger partial charge in [0.15, 0.2) is 0 Å². The predicted octanol–water partition coefficient (Wildman–Crippen LogP) is 5.70. The van der Waals surface area contributed by atoms with Crippen LogP contribution < -0.4 is 0 Å². The highest BCUT2D eigenvalue weighted by molar-refractivity contribution is 7.99. The van der Waals surface area contributed by atoms with Gasteiger partial charge in [-0.15, -0.1) is 23.1 Å². The van der Waals surface area contributed by atoms with Crippen molar-refractivity contribution in [2.75, 3.05) is 0 Å². The molecule has 3 aromatic rings. The zero-order valence-corrected chi connectivity index (χ0v) is 12.9. The third-order valence-electron chi connectivity index (χ3n) is 3.43. The molecule has 0 aliphatic carbocycles. The van der Waals surface area contributed by atoms with Gasteiger partial charge in [-0.1, -0.05) is 18.2 Å². The molecule has 0 saturated heterocycles. The lowest BCUT2D eigenvalue weighted by Crippen LogP contribution is -2.03. The predicted molar refractivity (Wildman–Crippen MR) is 88.9 cm³/mol. The monoisotopic (exact) mass is 311 g/mol. The largest absolute Gasteiger partial charge is 0.463 e. The van der Waals surface area contributed by atoms with Crippen molar-refractivity contribution in [2.45, 2.75) is 16.6 Å². The fraction of sp³-hybridized carbons (Fsp3) is 0.118. The van der Waals surface area contributed by atoms with Crippen LogP contribution >= 0.6 is 23.1 Å². The number of benzene rings is 1. The summed E-state index contributed by atoms with van der Waals surface area (Å²) in [5.74, 6) is 0.869. The van der Waals surface area contributed by atoms with E-state index >= 15 is 0 Å². The molecule has 1 aliphatic rings. The zero-order valence-electron chi connectivity index (χ0n) is 11.2. The van der Waals surface area contributed by atoms with Crippen molar-refractivity contribution in [3.8, 4) is 0 Å². The van der Waals surface area contributed by atoms with E-state index in [0.717, 1.165) is 23.6 Å². The molecular formula is C17H13NOS2. The molecular weight excluding hydrogens is 298 g/mol. The Morgan fingerprint density at radius 3 is 2.81 bits per heavy atom. The molecule has 21 heavy (non-hydrogen) atoms. The van der Waals surface area contributed by atoms with E-state index in [2.05, 4.69) is 35.7 Å². The molecule has 0 amide bonds. The summed E-state index contributed by atoms with van der Waals surface area (Å²) in [5, 5.41) is 2.52. The number of aliphatic imine (C=N–C) groups is 1. The topological polar surface area (TPSA) is 25.5 Å². The van der Waals surface area contributed by atoms with E-state index in [1.165, 1.54) is 9.77 Å². The Kier molecular flexibility index (Phi) is 3.41. The van der Waals surface area contributed by atoms with Crippen molar-refractivity contribution in [1.29, 1.82) is 0 Å². The molecule has 0 N–H and O–H groups in total. The summed E-state index contributed by atoms with van der Waals surface area (Å²) in [5.41, 5.74) is 2.06. The number of furan rings is 1. The number of hydrogen-bond donors (Lipinski definition) is 0. The summed E-state index contributed by atoms with van der Waals surface area (Å²) < 4.78 is 5.57. The summed E-state index contributed by atoms with van der Waals surface area (Å²) in [7, 11) is 0. The van der Waals surface area contributed by atoms with Crippen molar-refractivity contribution >= 4 is 34.5 Å². The molecule has 2 nitrogen and oxygen atoms in total. The third kappa shape index (κ3) is 2.57. The third-order valence-corrected chi connectivity index (χ3v) is 5.87. The maximum absolute atomic E-state index is 5.57. The van der Waals surface area contributed by atoms with Crippen LogP contribution in [0.5, 0.6) is 0 Å². The first-order chi connectivity index (χ1) is 10.4. The quantitative estimate of drug-likeness (QED) is 0.606. The van der Waals surface area contributed by atoms with E-state index in [4.69, 9.17) is 9.41 Å². The Bertz CT molecular complexity index is 760. The van der Waals surface area contributed by atoms with Gasteiger partial charge < -0.3 is 4.42 Å². The fourth-order valence-corrected chi connectivity index (χ4v) is 4.59. The molecule has 4 rings (SSSR count). The van der Waals surface area contributed by atoms with E-state index in [1.54, 1.807) is 17.6 Å². The number of fused-ring (bicyclic) bond motifs is 1. The Morgan fingerprint density at radius 2 is 2.00 bits per heavy atom. The molecule has 1 aliphatic heterocycles. The summed E-state index contributed by atoms with van der Waals surface area (Å²) in [6.07, 6.45) is 2.59. The molecule has 0 bridgehead atoms. The van der Waals surface area contributed by atoms with Gasteiger partial charge in [-0.25, -0.2) is 4.99 Å². The maximum Gasteiger partial charge on any atom is 0.148 e. The summed E-state index contributed by atoms with van der Waals surface area (Å²) in [6, 6.07) is 16.6. The highest BCUT2D eigenvalue weighted by atomic mass is 32.2. The molecule has 2 aromatic heterocycles. The van der Waals surface area contributed by atoms with Crippen molar-refractivity contribution in [3.05, 3.63) is 70.8 Å². The molecule has 0 fully saturated rings. The van der Waals surface area contributed by atoms with Crippen molar-refractivity contribution < 1.29 is 4.42 Å². The second-order valence-corrected chi connectivity index (χ2v) is 7.05. The Balaban J connectivity index is 1.81. The van der Waals surface area contributed by atoms with Gasteiger partial charge in [-0.3, -0.25) is 0 Å². The summed E-state index contributed by atoms with van der Waals surface area (Å²) in [4.78, 5) is 7.47. The molecule has 3 heterocycles. The number of nitrogens with zero attached hydrogens (tertiary/aromatic N) is 1. The van der Waals surface area contributed by atoms with Crippen molar-refractivity contribution in [2.24, 2.45) is 4.99 Å². The van der Waals surface area contributed by atoms with Crippen LogP contribution in [0, 0.1) is 0 Å². The van der Waals surface area contributed by atoms with Crippen LogP contribution in [0.2, 0.25) is 0 Å². The molecule has 104 valence electrons. The normalized spacial score (nSPS) is 17.9. The molecule has 0 unspecified atom stereocenters. The van der Waals surface area contributed by atoms with Gasteiger partial charge in [0, 0.05) is 21.4 Å². The van der Waals surface area contributed by atoms with E-state index in [-0.39, 0.29) is 0 Å². The molecule has 4 heteroatoms. The van der Waals surface area contributed by atoms with Gasteiger partial charge in [-0.2, -0.15) is 0 Å². The zero-order chi connectivity index (χ0) is 14.1. The number of rotatable bonds is 2. The van der Waals surface area contributed by atoms with E-state index in [1.807, 2.05) is 30.0 Å². The van der Waals surface area contributed by atoms with Crippen LogP contribution in [-0.2, 0) is 0 Å². The first-order valence-electron chi connectivity index (χ1n) is 6.81. The van der Waals surface area contributed by atoms with Gasteiger partial charge in [0.2, 0.25) is 0 Å². The second-order valence-electron chi connectivity index (χ2n) is 4.83. The Hall–Kier alpha value is -1.78. The second kappa shape index (κ2) is 5.54. The van der Waals surface area contributed by atoms with Gasteiger partial charge >= 0.3 is 0 Å². The van der Waals surface area contributed by atoms with Crippen LogP contribution in [0.1, 0.15) is 22.3 Å². The van der Waals surface area contributed by atoms with Crippen LogP contribution in [0.4, 0.5) is 5.69 Å². The molecule has 0 radical (unpaired) electrons. The van der Waals surface area contributed by atoms with Crippen LogP contribution in [0.25, 0.3) is 0 Å². The lowest BCUT2D eigenvalue weighted by Gasteiger charge is -2.12. The van der Waals surface area contributed by atoms with E-state index < -0.39 is 0 Å². The Morgan fingerprint density at radius 1 is 1.05 bits per heavy atom. The number of thioether (sulfide) groups is 1. The lowest BCUT2D eigenvalue weighted by atomic mass is 10.1. The first kappa shape index (κ1) is 12.9. The van der Waals surface area contributed by atoms with Gasteiger partial charge in [-0.05, 0) is 35.7 Å². The SMILES string of the molecule is c1coc(C2=Nc3ccccc3S[C@H](c3cccs3)C2)c1.